The van der Waals surface area contributed by atoms with Crippen molar-refractivity contribution in [2.45, 2.75) is 55.6 Å². The molecule has 6 nitrogen and oxygen atoms in total. The largest absolute Gasteiger partial charge is 0.416 e. The Morgan fingerprint density at radius 2 is 1.75 bits per heavy atom. The lowest BCUT2D eigenvalue weighted by molar-refractivity contribution is -0.137. The van der Waals surface area contributed by atoms with Crippen LogP contribution in [0.2, 0.25) is 0 Å². The summed E-state index contributed by atoms with van der Waals surface area (Å²) in [6.07, 6.45) is -13.5. The molecule has 1 fully saturated rings. The Bertz CT molecular complexity index is 3020. The molecule has 1 aromatic heterocycles. The summed E-state index contributed by atoms with van der Waals surface area (Å²) >= 11 is -0.259. The molecular weight excluding hydrogens is 710 g/mol. The Morgan fingerprint density at radius 3 is 2.43 bits per heavy atom. The van der Waals surface area contributed by atoms with Gasteiger partial charge in [-0.1, -0.05) is 54.6 Å². The first-order chi connectivity index (χ1) is 33.1. The first-order valence-corrected chi connectivity index (χ1v) is 16.3. The highest BCUT2D eigenvalue weighted by molar-refractivity contribution is 7.98. The van der Waals surface area contributed by atoms with Crippen molar-refractivity contribution in [2.75, 3.05) is 33.2 Å². The summed E-state index contributed by atoms with van der Waals surface area (Å²) < 4.78 is 251. The maximum atomic E-state index is 15.6. The zero-order chi connectivity index (χ0) is 55.4. The lowest BCUT2D eigenvalue weighted by Crippen LogP contribution is -2.48. The molecule has 2 heterocycles. The number of fused-ring (bicyclic) bond motifs is 1. The monoisotopic (exact) mass is 769 g/mol. The molecule has 0 aliphatic carbocycles. The van der Waals surface area contributed by atoms with Crippen LogP contribution in [0.4, 0.5) is 22.0 Å². The van der Waals surface area contributed by atoms with Gasteiger partial charge < -0.3 is 19.1 Å². The Labute approximate surface area is 337 Å². The van der Waals surface area contributed by atoms with Gasteiger partial charge in [-0.25, -0.2) is 8.78 Å². The number of pyridine rings is 1. The number of alkyl halides is 3. The average Bonchev–Trinajstić information content (AvgIpc) is 3.28. The van der Waals surface area contributed by atoms with Gasteiger partial charge in [-0.15, -0.1) is 11.8 Å². The van der Waals surface area contributed by atoms with Crippen molar-refractivity contribution in [3.63, 3.8) is 0 Å². The quantitative estimate of drug-likeness (QED) is 0.0940. The smallest absolute Gasteiger partial charge is 0.383 e. The van der Waals surface area contributed by atoms with Crippen molar-refractivity contribution in [2.24, 2.45) is 0 Å². The van der Waals surface area contributed by atoms with Crippen molar-refractivity contribution in [1.82, 2.24) is 14.4 Å². The van der Waals surface area contributed by atoms with E-state index in [0.717, 1.165) is 67.6 Å². The molecule has 1 aliphatic heterocycles. The number of hydrogen-bond donors (Lipinski definition) is 0. The molecule has 1 aliphatic rings. The Kier molecular flexibility index (Phi) is 6.36. The minimum Gasteiger partial charge on any atom is -0.383 e. The summed E-state index contributed by atoms with van der Waals surface area (Å²) in [5.41, 5.74) is -8.70. The van der Waals surface area contributed by atoms with Gasteiger partial charge in [0.25, 0.3) is 0 Å². The molecule has 0 bridgehead atoms. The van der Waals surface area contributed by atoms with Crippen LogP contribution in [0.25, 0.3) is 22.0 Å². The van der Waals surface area contributed by atoms with Crippen LogP contribution in [-0.4, -0.2) is 59.5 Å². The highest BCUT2D eigenvalue weighted by atomic mass is 32.2. The molecule has 0 unspecified atom stereocenters. The van der Waals surface area contributed by atoms with Crippen LogP contribution in [0, 0.1) is 18.6 Å². The number of nitrogens with zero attached hydrogens (tertiary/aromatic N) is 3. The number of thioether (sulfide) groups is 1. The van der Waals surface area contributed by atoms with Crippen LogP contribution in [-0.2, 0) is 34.5 Å². The molecule has 5 aromatic rings. The van der Waals surface area contributed by atoms with E-state index in [-0.39, 0.29) is 27.8 Å². The highest BCUT2D eigenvalue weighted by Gasteiger charge is 2.31. The lowest BCUT2D eigenvalue weighted by atomic mass is 10.00. The Hall–Kier alpha value is -4.52. The molecule has 6 rings (SSSR count). The fraction of sp³-hybridized carbons (Fsp3) is 0.317. The maximum Gasteiger partial charge on any atom is 0.416 e. The number of carbonyl (C=O) groups excluding carboxylic acids is 1. The van der Waals surface area contributed by atoms with E-state index in [2.05, 4.69) is 4.74 Å². The van der Waals surface area contributed by atoms with E-state index in [9.17, 15) is 32.0 Å². The Morgan fingerprint density at radius 1 is 1.06 bits per heavy atom. The number of aromatic nitrogens is 1. The zero-order valence-electron chi connectivity index (χ0n) is 47.3. The predicted octanol–water partition coefficient (Wildman–Crippen LogP) is 8.71. The molecule has 0 N–H and O–H groups in total. The molecule has 53 heavy (non-hydrogen) atoms. The molecule has 0 saturated carbocycles. The van der Waals surface area contributed by atoms with E-state index in [1.165, 1.54) is 0 Å². The number of hydrogen-bond acceptors (Lipinski definition) is 5. The van der Waals surface area contributed by atoms with Crippen molar-refractivity contribution >= 4 is 28.6 Å². The van der Waals surface area contributed by atoms with E-state index in [4.69, 9.17) is 17.8 Å². The summed E-state index contributed by atoms with van der Waals surface area (Å²) in [4.78, 5) is 28.9. The van der Waals surface area contributed by atoms with Crippen LogP contribution in [0.1, 0.15) is 62.4 Å². The number of methoxy groups -OCH3 is 1. The third kappa shape index (κ3) is 9.17. The number of amides is 1. The second-order valence-corrected chi connectivity index (χ2v) is 12.0. The van der Waals surface area contributed by atoms with Gasteiger partial charge in [-0.3, -0.25) is 9.59 Å². The summed E-state index contributed by atoms with van der Waals surface area (Å²) in [6, 6.07) is 1.27. The molecule has 278 valence electrons. The SMILES string of the molecule is [2H]c1c(C)c([2H])c2c(c1[2H])c(=O)c([2H])c(SC([2H])([2H])c1cccc(F)c1F)n2CC(=O)N(C([2H])([2H])c1ccc(-c2ccc(C(F)(F)F)cc2)cc1)C1([2H])C([2H])([2H])C([2H])([2H])N(CCOC([2H])([2H])[2H])C([2H])([2H])C1([2H])[2H]. The number of benzene rings is 4. The number of carbonyl (C=O) groups is 1. The van der Waals surface area contributed by atoms with Crippen molar-refractivity contribution in [3.05, 3.63) is 135 Å². The van der Waals surface area contributed by atoms with E-state index in [1.807, 2.05) is 0 Å². The maximum absolute atomic E-state index is 15.6. The van der Waals surface area contributed by atoms with Crippen molar-refractivity contribution < 1.29 is 58.9 Å². The van der Waals surface area contributed by atoms with E-state index in [0.29, 0.717) is 10.6 Å². The first kappa shape index (κ1) is 20.2. The number of ether oxygens (including phenoxy) is 1. The normalized spacial score (nSPS) is 24.9. The second kappa shape index (κ2) is 16.7. The van der Waals surface area contributed by atoms with Gasteiger partial charge in [0.1, 0.15) is 6.54 Å². The number of rotatable bonds is 12. The van der Waals surface area contributed by atoms with Gasteiger partial charge >= 0.3 is 6.18 Å². The third-order valence-corrected chi connectivity index (χ3v) is 8.40. The summed E-state index contributed by atoms with van der Waals surface area (Å²) in [6.45, 7) is -15.0. The van der Waals surface area contributed by atoms with Crippen molar-refractivity contribution in [1.29, 1.82) is 0 Å². The van der Waals surface area contributed by atoms with Gasteiger partial charge in [-0.2, -0.15) is 13.2 Å². The molecule has 12 heteroatoms. The zero-order valence-corrected chi connectivity index (χ0v) is 28.2. The van der Waals surface area contributed by atoms with Gasteiger partial charge in [-0.05, 0) is 72.2 Å². The van der Waals surface area contributed by atoms with E-state index >= 15 is 9.18 Å². The molecule has 0 radical (unpaired) electrons. The van der Waals surface area contributed by atoms with Crippen LogP contribution in [0.5, 0.6) is 0 Å². The number of piperidine rings is 1. The lowest BCUT2D eigenvalue weighted by Gasteiger charge is -2.39. The topological polar surface area (TPSA) is 54.8 Å². The average molecular weight is 770 g/mol. The molecule has 0 atom stereocenters. The summed E-state index contributed by atoms with van der Waals surface area (Å²) in [5, 5.41) is -2.02. The van der Waals surface area contributed by atoms with E-state index in [1.54, 1.807) is 0 Å². The van der Waals surface area contributed by atoms with E-state index < -0.39 is 167 Å². The van der Waals surface area contributed by atoms with Crippen LogP contribution in [0.3, 0.4) is 0 Å². The van der Waals surface area contributed by atoms with Crippen LogP contribution in [0.15, 0.2) is 101 Å². The number of halogens is 5. The standard InChI is InChI=1S/C41H40F5N3O3S/c1-27-6-15-34-36(22-27)49(39(23-37(34)50)53-26-31-4-3-5-35(42)40(31)43)25-38(51)48(33-16-18-47(19-17-33)20-21-52-2)24-28-7-9-29(10-8-28)30-11-13-32(14-12-30)41(44,45)46/h3-15,22-23,33H,16-21,24-26H2,1-2H3/i2D3,6D,15D,16D2,17D2,18D2,19D2,22D,23D,24D2,26D2,33D. The van der Waals surface area contributed by atoms with Gasteiger partial charge in [0.05, 0.1) is 36.4 Å². The molecule has 1 saturated heterocycles. The van der Waals surface area contributed by atoms with Crippen molar-refractivity contribution in [3.8, 4) is 11.1 Å². The predicted molar refractivity (Wildman–Crippen MR) is 198 cm³/mol. The first-order valence-electron chi connectivity index (χ1n) is 25.4. The molecule has 0 spiro atoms. The molecule has 4 aromatic carbocycles. The van der Waals surface area contributed by atoms with Gasteiger partial charge in [0.2, 0.25) is 5.91 Å². The summed E-state index contributed by atoms with van der Waals surface area (Å²) in [7, 11) is -3.19. The minimum atomic E-state index is -4.73. The fourth-order valence-electron chi connectivity index (χ4n) is 4.93. The van der Waals surface area contributed by atoms with Gasteiger partial charge in [0.15, 0.2) is 17.1 Å². The highest BCUT2D eigenvalue weighted by Crippen LogP contribution is 2.32. The van der Waals surface area contributed by atoms with Gasteiger partial charge in [0, 0.05) is 75.5 Å². The van der Waals surface area contributed by atoms with Crippen LogP contribution >= 0.6 is 11.8 Å². The fourth-order valence-corrected chi connectivity index (χ4v) is 5.70. The molecular formula is C41H40F5N3O3S. The Balaban J connectivity index is 1.66. The minimum absolute atomic E-state index is 0.0873. The number of likely N-dealkylation sites (tertiary alicyclic amines) is 1. The van der Waals surface area contributed by atoms with Crippen LogP contribution < -0.4 is 5.43 Å². The molecule has 1 amide bonds. The second-order valence-electron chi connectivity index (χ2n) is 11.2. The third-order valence-electron chi connectivity index (χ3n) is 7.56. The summed E-state index contributed by atoms with van der Waals surface area (Å²) in [5.74, 6) is -5.39.